The average molecular weight is 252 g/mol. The summed E-state index contributed by atoms with van der Waals surface area (Å²) in [6.07, 6.45) is 0. The normalized spacial score (nSPS) is 10.3. The van der Waals surface area contributed by atoms with Crippen molar-refractivity contribution in [1.29, 1.82) is 0 Å². The third kappa shape index (κ3) is 4.16. The molecular formula is C13H17FN2O2. The fourth-order valence-electron chi connectivity index (χ4n) is 1.55. The Hall–Kier alpha value is -1.91. The highest BCUT2D eigenvalue weighted by Crippen LogP contribution is 2.08. The van der Waals surface area contributed by atoms with Crippen molar-refractivity contribution in [2.45, 2.75) is 26.8 Å². The standard InChI is InChI=1S/C13H17FN2O2/c1-9(2)16(10(3)17)8-13(18)15-12-6-4-11(14)5-7-12/h4-7,9H,8H2,1-3H3,(H,15,18). The van der Waals surface area contributed by atoms with E-state index in [4.69, 9.17) is 0 Å². The summed E-state index contributed by atoms with van der Waals surface area (Å²) in [5, 5.41) is 2.61. The minimum absolute atomic E-state index is 0.00955. The van der Waals surface area contributed by atoms with Crippen LogP contribution >= 0.6 is 0 Å². The van der Waals surface area contributed by atoms with Gasteiger partial charge in [0.1, 0.15) is 12.4 Å². The van der Waals surface area contributed by atoms with Crippen LogP contribution in [0.2, 0.25) is 0 Å². The number of hydrogen-bond acceptors (Lipinski definition) is 2. The minimum atomic E-state index is -0.361. The van der Waals surface area contributed by atoms with Crippen LogP contribution < -0.4 is 5.32 Å². The predicted octanol–water partition coefficient (Wildman–Crippen LogP) is 2.02. The van der Waals surface area contributed by atoms with E-state index in [1.54, 1.807) is 0 Å². The highest BCUT2D eigenvalue weighted by molar-refractivity contribution is 5.94. The number of rotatable bonds is 4. The van der Waals surface area contributed by atoms with Gasteiger partial charge in [0.25, 0.3) is 0 Å². The van der Waals surface area contributed by atoms with Gasteiger partial charge in [-0.3, -0.25) is 9.59 Å². The molecule has 0 unspecified atom stereocenters. The maximum absolute atomic E-state index is 12.7. The Kier molecular flexibility index (Phi) is 4.83. The summed E-state index contributed by atoms with van der Waals surface area (Å²) < 4.78 is 12.7. The molecule has 0 heterocycles. The zero-order valence-electron chi connectivity index (χ0n) is 10.7. The molecule has 1 aromatic rings. The molecule has 1 aromatic carbocycles. The number of nitrogens with one attached hydrogen (secondary N) is 1. The van der Waals surface area contributed by atoms with Gasteiger partial charge in [0.15, 0.2) is 0 Å². The SMILES string of the molecule is CC(=O)N(CC(=O)Nc1ccc(F)cc1)C(C)C. The molecule has 0 spiro atoms. The third-order valence-electron chi connectivity index (χ3n) is 2.47. The first-order valence-electron chi connectivity index (χ1n) is 5.72. The summed E-state index contributed by atoms with van der Waals surface area (Å²) in [7, 11) is 0. The lowest BCUT2D eigenvalue weighted by Crippen LogP contribution is -2.41. The molecule has 5 heteroatoms. The molecule has 0 aromatic heterocycles. The molecule has 0 saturated heterocycles. The number of benzene rings is 1. The Morgan fingerprint density at radius 3 is 2.28 bits per heavy atom. The van der Waals surface area contributed by atoms with E-state index in [1.807, 2.05) is 13.8 Å². The molecule has 4 nitrogen and oxygen atoms in total. The van der Waals surface area contributed by atoms with Crippen molar-refractivity contribution in [2.75, 3.05) is 11.9 Å². The molecule has 18 heavy (non-hydrogen) atoms. The second-order valence-corrected chi connectivity index (χ2v) is 4.30. The Labute approximate surface area is 106 Å². The zero-order valence-corrected chi connectivity index (χ0v) is 10.7. The Balaban J connectivity index is 2.60. The van der Waals surface area contributed by atoms with Gasteiger partial charge >= 0.3 is 0 Å². The molecule has 0 aliphatic heterocycles. The lowest BCUT2D eigenvalue weighted by Gasteiger charge is -2.24. The molecule has 2 amide bonds. The zero-order chi connectivity index (χ0) is 13.7. The van der Waals surface area contributed by atoms with Crippen LogP contribution in [-0.4, -0.2) is 29.3 Å². The van der Waals surface area contributed by atoms with Crippen LogP contribution in [0.15, 0.2) is 24.3 Å². The summed E-state index contributed by atoms with van der Waals surface area (Å²) in [5.41, 5.74) is 0.508. The number of carbonyl (C=O) groups is 2. The Morgan fingerprint density at radius 2 is 1.83 bits per heavy atom. The largest absolute Gasteiger partial charge is 0.331 e. The quantitative estimate of drug-likeness (QED) is 0.891. The van der Waals surface area contributed by atoms with E-state index in [0.29, 0.717) is 5.69 Å². The van der Waals surface area contributed by atoms with Crippen molar-refractivity contribution in [3.8, 4) is 0 Å². The van der Waals surface area contributed by atoms with Gasteiger partial charge in [-0.05, 0) is 38.1 Å². The highest BCUT2D eigenvalue weighted by atomic mass is 19.1. The average Bonchev–Trinajstić information content (AvgIpc) is 2.28. The third-order valence-corrected chi connectivity index (χ3v) is 2.47. The molecule has 0 aliphatic rings. The summed E-state index contributed by atoms with van der Waals surface area (Å²) >= 11 is 0. The monoisotopic (exact) mass is 252 g/mol. The first-order valence-corrected chi connectivity index (χ1v) is 5.72. The van der Waals surface area contributed by atoms with Gasteiger partial charge in [-0.1, -0.05) is 0 Å². The van der Waals surface area contributed by atoms with Gasteiger partial charge in [-0.15, -0.1) is 0 Å². The van der Waals surface area contributed by atoms with E-state index < -0.39 is 0 Å². The molecule has 0 saturated carbocycles. The number of amides is 2. The predicted molar refractivity (Wildman–Crippen MR) is 67.6 cm³/mol. The van der Waals surface area contributed by atoms with Gasteiger partial charge in [0, 0.05) is 18.7 Å². The van der Waals surface area contributed by atoms with E-state index in [1.165, 1.54) is 36.1 Å². The van der Waals surface area contributed by atoms with Crippen LogP contribution in [0.1, 0.15) is 20.8 Å². The Morgan fingerprint density at radius 1 is 1.28 bits per heavy atom. The molecule has 0 aliphatic carbocycles. The second kappa shape index (κ2) is 6.14. The molecule has 98 valence electrons. The van der Waals surface area contributed by atoms with Gasteiger partial charge in [0.05, 0.1) is 0 Å². The van der Waals surface area contributed by atoms with Crippen LogP contribution in [0.25, 0.3) is 0 Å². The van der Waals surface area contributed by atoms with Gasteiger partial charge in [0.2, 0.25) is 11.8 Å². The molecule has 1 N–H and O–H groups in total. The van der Waals surface area contributed by atoms with Crippen molar-refractivity contribution < 1.29 is 14.0 Å². The second-order valence-electron chi connectivity index (χ2n) is 4.30. The first kappa shape index (κ1) is 14.2. The molecular weight excluding hydrogens is 235 g/mol. The number of anilines is 1. The van der Waals surface area contributed by atoms with Crippen molar-refractivity contribution in [3.05, 3.63) is 30.1 Å². The fourth-order valence-corrected chi connectivity index (χ4v) is 1.55. The number of nitrogens with zero attached hydrogens (tertiary/aromatic N) is 1. The topological polar surface area (TPSA) is 49.4 Å². The summed E-state index contributed by atoms with van der Waals surface area (Å²) in [6.45, 7) is 5.09. The van der Waals surface area contributed by atoms with Gasteiger partial charge in [-0.25, -0.2) is 4.39 Å². The summed E-state index contributed by atoms with van der Waals surface area (Å²) in [4.78, 5) is 24.5. The van der Waals surface area contributed by atoms with E-state index >= 15 is 0 Å². The van der Waals surface area contributed by atoms with Crippen LogP contribution in [0.3, 0.4) is 0 Å². The number of hydrogen-bond donors (Lipinski definition) is 1. The summed E-state index contributed by atoms with van der Waals surface area (Å²) in [6, 6.07) is 5.43. The lowest BCUT2D eigenvalue weighted by atomic mass is 10.3. The molecule has 0 bridgehead atoms. The van der Waals surface area contributed by atoms with Crippen LogP contribution in [0.5, 0.6) is 0 Å². The van der Waals surface area contributed by atoms with E-state index in [2.05, 4.69) is 5.32 Å². The molecule has 1 rings (SSSR count). The van der Waals surface area contributed by atoms with Crippen LogP contribution in [-0.2, 0) is 9.59 Å². The van der Waals surface area contributed by atoms with Crippen LogP contribution in [0.4, 0.5) is 10.1 Å². The van der Waals surface area contributed by atoms with Crippen molar-refractivity contribution in [3.63, 3.8) is 0 Å². The maximum Gasteiger partial charge on any atom is 0.244 e. The molecule has 0 atom stereocenters. The van der Waals surface area contributed by atoms with E-state index in [-0.39, 0.29) is 30.2 Å². The van der Waals surface area contributed by atoms with Crippen molar-refractivity contribution in [1.82, 2.24) is 4.90 Å². The van der Waals surface area contributed by atoms with E-state index in [9.17, 15) is 14.0 Å². The van der Waals surface area contributed by atoms with E-state index in [0.717, 1.165) is 0 Å². The van der Waals surface area contributed by atoms with Gasteiger partial charge in [-0.2, -0.15) is 0 Å². The van der Waals surface area contributed by atoms with Crippen molar-refractivity contribution >= 4 is 17.5 Å². The number of halogens is 1. The molecule has 0 radical (unpaired) electrons. The maximum atomic E-state index is 12.7. The first-order chi connectivity index (χ1) is 8.40. The van der Waals surface area contributed by atoms with Crippen molar-refractivity contribution in [2.24, 2.45) is 0 Å². The lowest BCUT2D eigenvalue weighted by molar-refractivity contribution is -0.134. The number of carbonyl (C=O) groups excluding carboxylic acids is 2. The van der Waals surface area contributed by atoms with Crippen LogP contribution in [0, 0.1) is 5.82 Å². The summed E-state index contributed by atoms with van der Waals surface area (Å²) in [5.74, 6) is -0.815. The highest BCUT2D eigenvalue weighted by Gasteiger charge is 2.16. The minimum Gasteiger partial charge on any atom is -0.331 e. The Bertz CT molecular complexity index is 429. The fraction of sp³-hybridized carbons (Fsp3) is 0.385. The molecule has 0 fully saturated rings. The van der Waals surface area contributed by atoms with Gasteiger partial charge < -0.3 is 10.2 Å². The smallest absolute Gasteiger partial charge is 0.244 e.